The van der Waals surface area contributed by atoms with Gasteiger partial charge < -0.3 is 29.0 Å². The van der Waals surface area contributed by atoms with E-state index in [1.54, 1.807) is 0 Å². The van der Waals surface area contributed by atoms with Crippen LogP contribution >= 0.6 is 0 Å². The minimum Gasteiger partial charge on any atom is -0.423 e. The lowest BCUT2D eigenvalue weighted by Gasteiger charge is -2.34. The highest BCUT2D eigenvalue weighted by Crippen LogP contribution is 2.22. The number of nitrogens with zero attached hydrogens (tertiary/aromatic N) is 3. The second-order valence-corrected chi connectivity index (χ2v) is 7.11. The van der Waals surface area contributed by atoms with E-state index in [-0.39, 0.29) is 18.2 Å². The highest BCUT2D eigenvalue weighted by Gasteiger charge is 2.25. The number of rotatable bonds is 5. The number of ether oxygens (including phenoxy) is 2. The highest BCUT2D eigenvalue weighted by atomic mass is 16.5. The molecule has 1 aromatic carbocycles. The molecular formula is C19H26N4O4. The number of urea groups is 1. The van der Waals surface area contributed by atoms with Gasteiger partial charge in [0.2, 0.25) is 0 Å². The van der Waals surface area contributed by atoms with Crippen LogP contribution in [0.3, 0.4) is 0 Å². The third-order valence-corrected chi connectivity index (χ3v) is 4.96. The molecule has 0 radical (unpaired) electrons. The van der Waals surface area contributed by atoms with Crippen LogP contribution < -0.4 is 10.2 Å². The molecule has 2 aliphatic heterocycles. The summed E-state index contributed by atoms with van der Waals surface area (Å²) < 4.78 is 16.9. The number of oxazole rings is 1. The summed E-state index contributed by atoms with van der Waals surface area (Å²) >= 11 is 0. The van der Waals surface area contributed by atoms with Crippen LogP contribution in [0.5, 0.6) is 0 Å². The van der Waals surface area contributed by atoms with Crippen molar-refractivity contribution in [2.75, 3.05) is 50.9 Å². The lowest BCUT2D eigenvalue weighted by Crippen LogP contribution is -2.53. The van der Waals surface area contributed by atoms with Crippen LogP contribution in [0.15, 0.2) is 28.7 Å². The Morgan fingerprint density at radius 3 is 2.89 bits per heavy atom. The average molecular weight is 374 g/mol. The lowest BCUT2D eigenvalue weighted by molar-refractivity contribution is 0.0330. The Bertz CT molecular complexity index is 733. The third kappa shape index (κ3) is 4.33. The van der Waals surface area contributed by atoms with Crippen LogP contribution in [-0.2, 0) is 9.47 Å². The van der Waals surface area contributed by atoms with Gasteiger partial charge in [-0.3, -0.25) is 0 Å². The number of amides is 2. The van der Waals surface area contributed by atoms with E-state index in [0.717, 1.165) is 24.1 Å². The Balaban J connectivity index is 1.23. The third-order valence-electron chi connectivity index (χ3n) is 4.96. The van der Waals surface area contributed by atoms with Crippen LogP contribution in [0.1, 0.15) is 13.3 Å². The fourth-order valence-corrected chi connectivity index (χ4v) is 3.36. The molecule has 0 saturated carbocycles. The van der Waals surface area contributed by atoms with E-state index in [9.17, 15) is 4.79 Å². The molecule has 2 fully saturated rings. The molecule has 8 nitrogen and oxygen atoms in total. The number of hydrogen-bond acceptors (Lipinski definition) is 6. The van der Waals surface area contributed by atoms with E-state index in [1.807, 2.05) is 36.1 Å². The Kier molecular flexibility index (Phi) is 5.45. The van der Waals surface area contributed by atoms with Crippen LogP contribution in [0.2, 0.25) is 0 Å². The van der Waals surface area contributed by atoms with Gasteiger partial charge in [-0.15, -0.1) is 0 Å². The van der Waals surface area contributed by atoms with Gasteiger partial charge in [0, 0.05) is 32.8 Å². The molecule has 2 aromatic rings. The first kappa shape index (κ1) is 18.1. The number of benzene rings is 1. The summed E-state index contributed by atoms with van der Waals surface area (Å²) in [6.45, 7) is 6.54. The van der Waals surface area contributed by atoms with Gasteiger partial charge in [-0.05, 0) is 25.5 Å². The fraction of sp³-hybridized carbons (Fsp3) is 0.579. The van der Waals surface area contributed by atoms with Crippen molar-refractivity contribution in [3.63, 3.8) is 0 Å². The lowest BCUT2D eigenvalue weighted by atomic mass is 10.3. The number of nitrogens with one attached hydrogen (secondary N) is 1. The van der Waals surface area contributed by atoms with Crippen molar-refractivity contribution < 1.29 is 18.7 Å². The molecule has 0 bridgehead atoms. The average Bonchev–Trinajstić information content (AvgIpc) is 3.36. The van der Waals surface area contributed by atoms with Crippen molar-refractivity contribution in [1.82, 2.24) is 15.2 Å². The summed E-state index contributed by atoms with van der Waals surface area (Å²) in [5.74, 6) is 0. The van der Waals surface area contributed by atoms with E-state index in [4.69, 9.17) is 13.9 Å². The van der Waals surface area contributed by atoms with Crippen molar-refractivity contribution >= 4 is 23.1 Å². The number of hydrogen-bond donors (Lipinski definition) is 1. The number of anilines is 1. The van der Waals surface area contributed by atoms with Crippen molar-refractivity contribution in [3.05, 3.63) is 24.3 Å². The van der Waals surface area contributed by atoms with Gasteiger partial charge in [0.1, 0.15) is 5.52 Å². The molecule has 0 aliphatic carbocycles. The SMILES string of the molecule is CC(COC1CCOC1)NC(=O)N1CCN(c2nc3ccccc3o2)CC1. The van der Waals surface area contributed by atoms with E-state index in [1.165, 1.54) is 0 Å². The number of piperazine rings is 1. The van der Waals surface area contributed by atoms with Crippen LogP contribution in [0.25, 0.3) is 11.1 Å². The molecule has 146 valence electrons. The summed E-state index contributed by atoms with van der Waals surface area (Å²) in [6, 6.07) is 8.27. The summed E-state index contributed by atoms with van der Waals surface area (Å²) in [7, 11) is 0. The number of carbonyl (C=O) groups excluding carboxylic acids is 1. The molecule has 0 spiro atoms. The number of fused-ring (bicyclic) bond motifs is 1. The maximum absolute atomic E-state index is 12.5. The molecule has 2 atom stereocenters. The van der Waals surface area contributed by atoms with E-state index in [2.05, 4.69) is 15.2 Å². The van der Waals surface area contributed by atoms with E-state index in [0.29, 0.717) is 45.4 Å². The topological polar surface area (TPSA) is 80.1 Å². The molecule has 3 heterocycles. The Hall–Kier alpha value is -2.32. The maximum atomic E-state index is 12.5. The second-order valence-electron chi connectivity index (χ2n) is 7.11. The fourth-order valence-electron chi connectivity index (χ4n) is 3.36. The largest absolute Gasteiger partial charge is 0.423 e. The molecule has 2 saturated heterocycles. The summed E-state index contributed by atoms with van der Waals surface area (Å²) in [5, 5.41) is 3.01. The Morgan fingerprint density at radius 1 is 1.33 bits per heavy atom. The molecule has 1 aromatic heterocycles. The van der Waals surface area contributed by atoms with Gasteiger partial charge in [0.25, 0.3) is 6.01 Å². The van der Waals surface area contributed by atoms with Gasteiger partial charge >= 0.3 is 6.03 Å². The van der Waals surface area contributed by atoms with Gasteiger partial charge in [-0.1, -0.05) is 12.1 Å². The van der Waals surface area contributed by atoms with Crippen molar-refractivity contribution in [2.45, 2.75) is 25.5 Å². The maximum Gasteiger partial charge on any atom is 0.317 e. The first-order valence-corrected chi connectivity index (χ1v) is 9.54. The minimum absolute atomic E-state index is 0.0341. The molecule has 2 amide bonds. The molecular weight excluding hydrogens is 348 g/mol. The molecule has 2 aliphatic rings. The molecule has 4 rings (SSSR count). The van der Waals surface area contributed by atoms with Crippen molar-refractivity contribution in [1.29, 1.82) is 0 Å². The quantitative estimate of drug-likeness (QED) is 0.860. The predicted molar refractivity (Wildman–Crippen MR) is 101 cm³/mol. The second kappa shape index (κ2) is 8.14. The van der Waals surface area contributed by atoms with Gasteiger partial charge in [-0.25, -0.2) is 4.79 Å². The Labute approximate surface area is 158 Å². The zero-order valence-corrected chi connectivity index (χ0v) is 15.6. The molecule has 2 unspecified atom stereocenters. The predicted octanol–water partition coefficient (Wildman–Crippen LogP) is 1.85. The number of para-hydroxylation sites is 2. The first-order chi connectivity index (χ1) is 13.2. The molecule has 27 heavy (non-hydrogen) atoms. The number of aromatic nitrogens is 1. The smallest absolute Gasteiger partial charge is 0.317 e. The van der Waals surface area contributed by atoms with Crippen LogP contribution in [0.4, 0.5) is 10.8 Å². The first-order valence-electron chi connectivity index (χ1n) is 9.54. The monoisotopic (exact) mass is 374 g/mol. The van der Waals surface area contributed by atoms with E-state index < -0.39 is 0 Å². The van der Waals surface area contributed by atoms with Crippen LogP contribution in [0, 0.1) is 0 Å². The minimum atomic E-state index is -0.0500. The highest BCUT2D eigenvalue weighted by molar-refractivity contribution is 5.75. The Morgan fingerprint density at radius 2 is 2.15 bits per heavy atom. The van der Waals surface area contributed by atoms with Crippen molar-refractivity contribution in [3.8, 4) is 0 Å². The van der Waals surface area contributed by atoms with Gasteiger partial charge in [0.15, 0.2) is 5.58 Å². The molecule has 8 heteroatoms. The van der Waals surface area contributed by atoms with Gasteiger partial charge in [-0.2, -0.15) is 4.98 Å². The normalized spacial score (nSPS) is 21.6. The zero-order chi connectivity index (χ0) is 18.6. The standard InChI is InChI=1S/C19H26N4O4/c1-14(12-26-15-6-11-25-13-15)20-18(24)22-7-9-23(10-8-22)19-21-16-4-2-3-5-17(16)27-19/h2-5,14-15H,6-13H2,1H3,(H,20,24). The van der Waals surface area contributed by atoms with Gasteiger partial charge in [0.05, 0.1) is 25.4 Å². The molecule has 1 N–H and O–H groups in total. The summed E-state index contributed by atoms with van der Waals surface area (Å²) in [6.07, 6.45) is 1.09. The zero-order valence-electron chi connectivity index (χ0n) is 15.6. The summed E-state index contributed by atoms with van der Waals surface area (Å²) in [5.41, 5.74) is 1.64. The van der Waals surface area contributed by atoms with E-state index >= 15 is 0 Å². The number of carbonyl (C=O) groups is 1. The van der Waals surface area contributed by atoms with Crippen LogP contribution in [-0.4, -0.2) is 74.1 Å². The van der Waals surface area contributed by atoms with Crippen molar-refractivity contribution in [2.24, 2.45) is 0 Å². The summed E-state index contributed by atoms with van der Waals surface area (Å²) in [4.78, 5) is 20.9.